The van der Waals surface area contributed by atoms with E-state index in [9.17, 15) is 4.79 Å². The van der Waals surface area contributed by atoms with Crippen LogP contribution in [0, 0.1) is 17.8 Å². The first-order valence-electron chi connectivity index (χ1n) is 5.56. The van der Waals surface area contributed by atoms with Crippen LogP contribution in [0.4, 0.5) is 4.79 Å². The van der Waals surface area contributed by atoms with E-state index in [0.717, 1.165) is 30.8 Å². The molecule has 3 heteroatoms. The lowest BCUT2D eigenvalue weighted by Crippen LogP contribution is -2.48. The lowest BCUT2D eigenvalue weighted by molar-refractivity contribution is 0.114. The van der Waals surface area contributed by atoms with Crippen LogP contribution in [0.1, 0.15) is 19.8 Å². The van der Waals surface area contributed by atoms with E-state index in [1.165, 1.54) is 12.8 Å². The predicted molar refractivity (Wildman–Crippen MR) is 56.0 cm³/mol. The van der Waals surface area contributed by atoms with Crippen LogP contribution in [0.15, 0.2) is 0 Å². The maximum absolute atomic E-state index is 11.8. The van der Waals surface area contributed by atoms with Crippen molar-refractivity contribution in [1.29, 1.82) is 0 Å². The summed E-state index contributed by atoms with van der Waals surface area (Å²) in [5.74, 6) is 2.36. The molecule has 1 aliphatic heterocycles. The molecule has 0 aromatic heterocycles. The number of carbonyl (C=O) groups is 1. The van der Waals surface area contributed by atoms with E-state index < -0.39 is 0 Å². The van der Waals surface area contributed by atoms with Gasteiger partial charge in [0, 0.05) is 27.2 Å². The number of hydrogen-bond donors (Lipinski definition) is 0. The average Bonchev–Trinajstić information content (AvgIpc) is 2.42. The van der Waals surface area contributed by atoms with E-state index in [4.69, 9.17) is 0 Å². The van der Waals surface area contributed by atoms with Gasteiger partial charge in [-0.2, -0.15) is 0 Å². The van der Waals surface area contributed by atoms with Crippen LogP contribution in [-0.2, 0) is 0 Å². The van der Waals surface area contributed by atoms with Gasteiger partial charge in [0.2, 0.25) is 0 Å². The quantitative estimate of drug-likeness (QED) is 0.578. The molecule has 2 rings (SSSR count). The molecule has 2 fully saturated rings. The zero-order valence-electron chi connectivity index (χ0n) is 9.36. The van der Waals surface area contributed by atoms with Crippen LogP contribution in [0.5, 0.6) is 0 Å². The fourth-order valence-electron chi connectivity index (χ4n) is 2.93. The molecule has 2 aliphatic rings. The van der Waals surface area contributed by atoms with Gasteiger partial charge in [-0.05, 0) is 30.6 Å². The molecule has 2 amide bonds. The zero-order valence-corrected chi connectivity index (χ0v) is 9.36. The highest BCUT2D eigenvalue weighted by Crippen LogP contribution is 2.41. The molecule has 0 aromatic rings. The van der Waals surface area contributed by atoms with E-state index in [0.29, 0.717) is 0 Å². The van der Waals surface area contributed by atoms with Crippen molar-refractivity contribution in [3.63, 3.8) is 0 Å². The summed E-state index contributed by atoms with van der Waals surface area (Å²) in [7, 11) is 3.67. The van der Waals surface area contributed by atoms with Crippen molar-refractivity contribution in [1.82, 2.24) is 9.80 Å². The van der Waals surface area contributed by atoms with Gasteiger partial charge in [0.25, 0.3) is 0 Å². The van der Waals surface area contributed by atoms with Gasteiger partial charge in [-0.3, -0.25) is 0 Å². The summed E-state index contributed by atoms with van der Waals surface area (Å²) in [6.07, 6.45) is 2.64. The Labute approximate surface area is 86.1 Å². The minimum absolute atomic E-state index is 0.189. The predicted octanol–water partition coefficient (Wildman–Crippen LogP) is 1.65. The second-order valence-electron chi connectivity index (χ2n) is 5.04. The molecule has 80 valence electrons. The highest BCUT2D eigenvalue weighted by atomic mass is 16.2. The Kier molecular flexibility index (Phi) is 2.41. The molecule has 3 nitrogen and oxygen atoms in total. The van der Waals surface area contributed by atoms with Gasteiger partial charge in [0.15, 0.2) is 0 Å². The summed E-state index contributed by atoms with van der Waals surface area (Å²) < 4.78 is 0. The molecule has 0 N–H and O–H groups in total. The fourth-order valence-corrected chi connectivity index (χ4v) is 2.93. The summed E-state index contributed by atoms with van der Waals surface area (Å²) in [5.41, 5.74) is 0. The van der Waals surface area contributed by atoms with Gasteiger partial charge >= 0.3 is 6.03 Å². The molecule has 1 heterocycles. The van der Waals surface area contributed by atoms with Crippen LogP contribution in [0.2, 0.25) is 0 Å². The zero-order chi connectivity index (χ0) is 10.3. The third kappa shape index (κ3) is 1.49. The SMILES string of the molecule is CC1C2CCC1CN(C(=O)N(C)C)C2. The van der Waals surface area contributed by atoms with Gasteiger partial charge in [-0.25, -0.2) is 4.79 Å². The van der Waals surface area contributed by atoms with Crippen LogP contribution in [0.3, 0.4) is 0 Å². The van der Waals surface area contributed by atoms with Crippen molar-refractivity contribution in [2.75, 3.05) is 27.2 Å². The number of likely N-dealkylation sites (tertiary alicyclic amines) is 1. The molecule has 0 spiro atoms. The van der Waals surface area contributed by atoms with Crippen molar-refractivity contribution in [3.8, 4) is 0 Å². The summed E-state index contributed by atoms with van der Waals surface area (Å²) in [6, 6.07) is 0.189. The molecule has 1 saturated carbocycles. The van der Waals surface area contributed by atoms with Gasteiger partial charge in [0.05, 0.1) is 0 Å². The highest BCUT2D eigenvalue weighted by Gasteiger charge is 2.40. The molecule has 2 bridgehead atoms. The second kappa shape index (κ2) is 3.44. The van der Waals surface area contributed by atoms with Crippen molar-refractivity contribution in [3.05, 3.63) is 0 Å². The van der Waals surface area contributed by atoms with Gasteiger partial charge < -0.3 is 9.80 Å². The largest absolute Gasteiger partial charge is 0.331 e. The normalized spacial score (nSPS) is 35.9. The Morgan fingerprint density at radius 1 is 1.21 bits per heavy atom. The first-order valence-corrected chi connectivity index (χ1v) is 5.56. The van der Waals surface area contributed by atoms with Crippen molar-refractivity contribution >= 4 is 6.03 Å². The van der Waals surface area contributed by atoms with Crippen LogP contribution in [-0.4, -0.2) is 43.0 Å². The highest BCUT2D eigenvalue weighted by molar-refractivity contribution is 5.74. The standard InChI is InChI=1S/C11H20N2O/c1-8-9-4-5-10(8)7-13(6-9)11(14)12(2)3/h8-10H,4-7H2,1-3H3. The molecule has 0 aromatic carbocycles. The first kappa shape index (κ1) is 9.81. The lowest BCUT2D eigenvalue weighted by atomic mass is 9.87. The van der Waals surface area contributed by atoms with E-state index >= 15 is 0 Å². The number of fused-ring (bicyclic) bond motifs is 2. The summed E-state index contributed by atoms with van der Waals surface area (Å²) in [4.78, 5) is 15.5. The monoisotopic (exact) mass is 196 g/mol. The van der Waals surface area contributed by atoms with Crippen molar-refractivity contribution < 1.29 is 4.79 Å². The van der Waals surface area contributed by atoms with E-state index in [1.54, 1.807) is 4.90 Å². The maximum Gasteiger partial charge on any atom is 0.319 e. The number of urea groups is 1. The number of piperidine rings is 1. The molecule has 0 radical (unpaired) electrons. The Morgan fingerprint density at radius 2 is 1.71 bits per heavy atom. The molecule has 2 atom stereocenters. The second-order valence-corrected chi connectivity index (χ2v) is 5.04. The Hall–Kier alpha value is -0.730. The third-order valence-corrected chi connectivity index (χ3v) is 3.96. The average molecular weight is 196 g/mol. The Balaban J connectivity index is 2.02. The molecular weight excluding hydrogens is 176 g/mol. The number of carbonyl (C=O) groups excluding carboxylic acids is 1. The summed E-state index contributed by atoms with van der Waals surface area (Å²) in [6.45, 7) is 4.31. The summed E-state index contributed by atoms with van der Waals surface area (Å²) in [5, 5.41) is 0. The third-order valence-electron chi connectivity index (χ3n) is 3.96. The molecule has 14 heavy (non-hydrogen) atoms. The van der Waals surface area contributed by atoms with E-state index in [2.05, 4.69) is 6.92 Å². The van der Waals surface area contributed by atoms with E-state index in [1.807, 2.05) is 19.0 Å². The number of hydrogen-bond acceptors (Lipinski definition) is 1. The fraction of sp³-hybridized carbons (Fsp3) is 0.909. The lowest BCUT2D eigenvalue weighted by Gasteiger charge is -2.37. The number of amides is 2. The first-order chi connectivity index (χ1) is 6.59. The van der Waals surface area contributed by atoms with Gasteiger partial charge in [-0.15, -0.1) is 0 Å². The topological polar surface area (TPSA) is 23.6 Å². The molecule has 2 unspecified atom stereocenters. The van der Waals surface area contributed by atoms with Crippen molar-refractivity contribution in [2.45, 2.75) is 19.8 Å². The maximum atomic E-state index is 11.8. The number of rotatable bonds is 0. The van der Waals surface area contributed by atoms with Crippen LogP contribution in [0.25, 0.3) is 0 Å². The minimum Gasteiger partial charge on any atom is -0.331 e. The smallest absolute Gasteiger partial charge is 0.319 e. The Morgan fingerprint density at radius 3 is 2.14 bits per heavy atom. The molecule has 1 saturated heterocycles. The van der Waals surface area contributed by atoms with Gasteiger partial charge in [0.1, 0.15) is 0 Å². The molecule has 1 aliphatic carbocycles. The molecular formula is C11H20N2O. The van der Waals surface area contributed by atoms with E-state index in [-0.39, 0.29) is 6.03 Å². The number of nitrogens with zero attached hydrogens (tertiary/aromatic N) is 2. The minimum atomic E-state index is 0.189. The van der Waals surface area contributed by atoms with Crippen LogP contribution < -0.4 is 0 Å². The van der Waals surface area contributed by atoms with Crippen LogP contribution >= 0.6 is 0 Å². The van der Waals surface area contributed by atoms with Crippen molar-refractivity contribution in [2.24, 2.45) is 17.8 Å². The van der Waals surface area contributed by atoms with Gasteiger partial charge in [-0.1, -0.05) is 6.92 Å². The summed E-state index contributed by atoms with van der Waals surface area (Å²) >= 11 is 0. The Bertz CT molecular complexity index is 225.